The van der Waals surface area contributed by atoms with E-state index in [1.165, 1.54) is 37.2 Å². The summed E-state index contributed by atoms with van der Waals surface area (Å²) in [6.07, 6.45) is 5.45. The van der Waals surface area contributed by atoms with Gasteiger partial charge in [0.1, 0.15) is 0 Å². The molecule has 1 aromatic rings. The van der Waals surface area contributed by atoms with Crippen molar-refractivity contribution >= 4 is 22.4 Å². The third-order valence-corrected chi connectivity index (χ3v) is 5.58. The number of hydrogen-bond acceptors (Lipinski definition) is 6. The molecule has 6 heteroatoms. The van der Waals surface area contributed by atoms with Crippen LogP contribution in [0.4, 0.5) is 10.8 Å². The zero-order chi connectivity index (χ0) is 15.0. The van der Waals surface area contributed by atoms with Gasteiger partial charge in [0.2, 0.25) is 0 Å². The molecule has 2 atom stereocenters. The number of nitrogens with two attached hydrogens (primary N) is 1. The van der Waals surface area contributed by atoms with Crippen LogP contribution in [0.25, 0.3) is 0 Å². The molecular formula is C15H26N4OS. The molecule has 0 aromatic carbocycles. The van der Waals surface area contributed by atoms with Crippen molar-refractivity contribution in [2.24, 2.45) is 5.92 Å². The molecule has 118 valence electrons. The first kappa shape index (κ1) is 14.9. The lowest BCUT2D eigenvalue weighted by molar-refractivity contribution is 0.139. The van der Waals surface area contributed by atoms with Gasteiger partial charge in [-0.05, 0) is 64.0 Å². The normalized spacial score (nSPS) is 29.0. The summed E-state index contributed by atoms with van der Waals surface area (Å²) in [6.45, 7) is 5.02. The molecule has 1 aromatic heterocycles. The van der Waals surface area contributed by atoms with Gasteiger partial charge in [0.15, 0.2) is 16.6 Å². The summed E-state index contributed by atoms with van der Waals surface area (Å²) in [4.78, 5) is 2.58. The van der Waals surface area contributed by atoms with Crippen LogP contribution in [-0.2, 0) is 0 Å². The highest BCUT2D eigenvalue weighted by Crippen LogP contribution is 2.39. The topological polar surface area (TPSA) is 63.4 Å². The molecule has 2 aliphatic heterocycles. The maximum absolute atomic E-state index is 5.90. The molecule has 0 spiro atoms. The number of ether oxygens (including phenoxy) is 1. The summed E-state index contributed by atoms with van der Waals surface area (Å²) in [5, 5.41) is 4.50. The Morgan fingerprint density at radius 1 is 1.38 bits per heavy atom. The third kappa shape index (κ3) is 3.11. The molecule has 2 bridgehead atoms. The molecular weight excluding hydrogens is 284 g/mol. The molecule has 2 fully saturated rings. The van der Waals surface area contributed by atoms with Gasteiger partial charge in [-0.3, -0.25) is 0 Å². The van der Waals surface area contributed by atoms with Crippen molar-refractivity contribution < 1.29 is 4.74 Å². The van der Waals surface area contributed by atoms with Crippen molar-refractivity contribution in [3.05, 3.63) is 0 Å². The lowest BCUT2D eigenvalue weighted by Crippen LogP contribution is -2.41. The van der Waals surface area contributed by atoms with Crippen molar-refractivity contribution in [1.82, 2.24) is 9.27 Å². The Bertz CT molecular complexity index is 476. The van der Waals surface area contributed by atoms with Crippen LogP contribution in [0, 0.1) is 5.92 Å². The van der Waals surface area contributed by atoms with E-state index in [1.54, 1.807) is 0 Å². The quantitative estimate of drug-likeness (QED) is 0.875. The first-order valence-electron chi connectivity index (χ1n) is 7.92. The second kappa shape index (κ2) is 6.01. The van der Waals surface area contributed by atoms with Gasteiger partial charge < -0.3 is 20.7 Å². The minimum atomic E-state index is 0.114. The number of hydrogen-bond donors (Lipinski definition) is 2. The molecule has 3 N–H and O–H groups in total. The van der Waals surface area contributed by atoms with Gasteiger partial charge in [0, 0.05) is 18.6 Å². The molecule has 2 saturated heterocycles. The van der Waals surface area contributed by atoms with E-state index in [2.05, 4.69) is 21.6 Å². The van der Waals surface area contributed by atoms with E-state index in [1.807, 2.05) is 13.8 Å². The highest BCUT2D eigenvalue weighted by molar-refractivity contribution is 7.11. The average Bonchev–Trinajstić information content (AvgIpc) is 2.85. The smallest absolute Gasteiger partial charge is 0.197 e. The van der Waals surface area contributed by atoms with Crippen LogP contribution < -0.4 is 15.8 Å². The van der Waals surface area contributed by atoms with Crippen LogP contribution in [0.2, 0.25) is 0 Å². The fourth-order valence-electron chi connectivity index (χ4n) is 3.68. The summed E-state index contributed by atoms with van der Waals surface area (Å²) < 4.78 is 9.99. The summed E-state index contributed by atoms with van der Waals surface area (Å²) in [5.74, 6) is 1.97. The molecule has 3 heterocycles. The molecule has 21 heavy (non-hydrogen) atoms. The van der Waals surface area contributed by atoms with Gasteiger partial charge >= 0.3 is 0 Å². The zero-order valence-electron chi connectivity index (χ0n) is 13.1. The molecule has 0 aliphatic carbocycles. The second-order valence-electron chi connectivity index (χ2n) is 6.66. The van der Waals surface area contributed by atoms with Crippen molar-refractivity contribution in [2.75, 3.05) is 24.6 Å². The number of nitrogen functional groups attached to an aromatic ring is 1. The Morgan fingerprint density at radius 3 is 2.67 bits per heavy atom. The van der Waals surface area contributed by atoms with Gasteiger partial charge in [-0.25, -0.2) is 0 Å². The standard InChI is InChI=1S/C15H26N4OS/c1-9(2)20-13-14(16)18-21-15(13)17-8-10-6-11-4-5-12(7-10)19(11)3/h9-12,17H,4-8H2,1-3H3,(H2,16,18). The summed E-state index contributed by atoms with van der Waals surface area (Å²) in [6, 6.07) is 1.57. The minimum absolute atomic E-state index is 0.114. The van der Waals surface area contributed by atoms with Gasteiger partial charge in [-0.2, -0.15) is 4.37 Å². The summed E-state index contributed by atoms with van der Waals surface area (Å²) in [5.41, 5.74) is 5.90. The molecule has 2 aliphatic rings. The van der Waals surface area contributed by atoms with Gasteiger partial charge in [0.25, 0.3) is 0 Å². The van der Waals surface area contributed by atoms with Gasteiger partial charge in [-0.15, -0.1) is 0 Å². The summed E-state index contributed by atoms with van der Waals surface area (Å²) in [7, 11) is 2.28. The number of piperidine rings is 1. The van der Waals surface area contributed by atoms with Crippen LogP contribution in [0.1, 0.15) is 39.5 Å². The lowest BCUT2D eigenvalue weighted by Gasteiger charge is -2.36. The van der Waals surface area contributed by atoms with Crippen LogP contribution in [0.3, 0.4) is 0 Å². The third-order valence-electron chi connectivity index (χ3n) is 4.77. The highest BCUT2D eigenvalue weighted by atomic mass is 32.1. The van der Waals surface area contributed by atoms with Gasteiger partial charge in [0.05, 0.1) is 6.10 Å². The second-order valence-corrected chi connectivity index (χ2v) is 7.43. The zero-order valence-corrected chi connectivity index (χ0v) is 13.9. The Kier molecular flexibility index (Phi) is 4.26. The predicted molar refractivity (Wildman–Crippen MR) is 88.1 cm³/mol. The highest BCUT2D eigenvalue weighted by Gasteiger charge is 2.38. The Morgan fingerprint density at radius 2 is 2.05 bits per heavy atom. The molecule has 0 radical (unpaired) electrons. The Labute approximate surface area is 131 Å². The molecule has 3 rings (SSSR count). The van der Waals surface area contributed by atoms with Crippen LogP contribution in [-0.4, -0.2) is 41.1 Å². The number of anilines is 2. The van der Waals surface area contributed by atoms with E-state index < -0.39 is 0 Å². The minimum Gasteiger partial charge on any atom is -0.484 e. The molecule has 0 amide bonds. The number of aromatic nitrogens is 1. The van der Waals surface area contributed by atoms with E-state index in [0.717, 1.165) is 35.3 Å². The fraction of sp³-hybridized carbons (Fsp3) is 0.800. The van der Waals surface area contributed by atoms with Crippen LogP contribution >= 0.6 is 11.5 Å². The van der Waals surface area contributed by atoms with Crippen LogP contribution in [0.5, 0.6) is 5.75 Å². The van der Waals surface area contributed by atoms with E-state index in [9.17, 15) is 0 Å². The Hall–Kier alpha value is -1.01. The number of nitrogens with zero attached hydrogens (tertiary/aromatic N) is 2. The SMILES string of the molecule is CC(C)Oc1c(N)nsc1NCC1CC2CCC(C1)N2C. The Balaban J connectivity index is 1.58. The first-order valence-corrected chi connectivity index (χ1v) is 8.69. The fourth-order valence-corrected chi connectivity index (χ4v) is 4.34. The maximum atomic E-state index is 5.90. The predicted octanol–water partition coefficient (Wildman–Crippen LogP) is 2.80. The maximum Gasteiger partial charge on any atom is 0.197 e. The monoisotopic (exact) mass is 310 g/mol. The largest absolute Gasteiger partial charge is 0.484 e. The first-order chi connectivity index (χ1) is 10.0. The number of fused-ring (bicyclic) bond motifs is 2. The number of rotatable bonds is 5. The van der Waals surface area contributed by atoms with Crippen molar-refractivity contribution in [2.45, 2.75) is 57.7 Å². The van der Waals surface area contributed by atoms with Crippen molar-refractivity contribution in [3.8, 4) is 5.75 Å². The van der Waals surface area contributed by atoms with E-state index >= 15 is 0 Å². The van der Waals surface area contributed by atoms with E-state index in [0.29, 0.717) is 5.82 Å². The average molecular weight is 310 g/mol. The molecule has 0 saturated carbocycles. The molecule has 5 nitrogen and oxygen atoms in total. The van der Waals surface area contributed by atoms with Crippen molar-refractivity contribution in [1.29, 1.82) is 0 Å². The van der Waals surface area contributed by atoms with Crippen molar-refractivity contribution in [3.63, 3.8) is 0 Å². The van der Waals surface area contributed by atoms with Gasteiger partial charge in [-0.1, -0.05) is 0 Å². The summed E-state index contributed by atoms with van der Waals surface area (Å²) >= 11 is 1.40. The number of nitrogens with one attached hydrogen (secondary N) is 1. The van der Waals surface area contributed by atoms with Crippen LogP contribution in [0.15, 0.2) is 0 Å². The van der Waals surface area contributed by atoms with E-state index in [-0.39, 0.29) is 6.10 Å². The lowest BCUT2D eigenvalue weighted by atomic mass is 9.91. The van der Waals surface area contributed by atoms with E-state index in [4.69, 9.17) is 10.5 Å². The molecule has 2 unspecified atom stereocenters.